The van der Waals surface area contributed by atoms with Crippen LogP contribution in [0.5, 0.6) is 0 Å². The first kappa shape index (κ1) is 67.0. The van der Waals surface area contributed by atoms with Crippen molar-refractivity contribution in [2.24, 2.45) is 0 Å². The van der Waals surface area contributed by atoms with Gasteiger partial charge >= 0.3 is 0 Å². The molecule has 3 heterocycles. The molecular formula is C56H99NO18. The van der Waals surface area contributed by atoms with Crippen molar-refractivity contribution < 1.29 is 89.4 Å². The van der Waals surface area contributed by atoms with Crippen molar-refractivity contribution in [2.75, 3.05) is 26.4 Å². The number of hydrogen-bond acceptors (Lipinski definition) is 18. The predicted octanol–water partition coefficient (Wildman–Crippen LogP) is 3.92. The van der Waals surface area contributed by atoms with E-state index in [4.69, 9.17) is 28.4 Å². The van der Waals surface area contributed by atoms with E-state index in [9.17, 15) is 61.0 Å². The summed E-state index contributed by atoms with van der Waals surface area (Å²) in [6.07, 6.45) is 15.4. The van der Waals surface area contributed by atoms with Crippen molar-refractivity contribution >= 4 is 5.91 Å². The van der Waals surface area contributed by atoms with Crippen molar-refractivity contribution in [1.82, 2.24) is 5.32 Å². The molecule has 0 aromatic rings. The molecule has 0 aliphatic carbocycles. The molecule has 0 saturated carbocycles. The summed E-state index contributed by atoms with van der Waals surface area (Å²) in [4.78, 5) is 13.3. The molecule has 75 heavy (non-hydrogen) atoms. The molecule has 3 saturated heterocycles. The second kappa shape index (κ2) is 40.0. The van der Waals surface area contributed by atoms with Crippen LogP contribution in [0.25, 0.3) is 0 Å². The van der Waals surface area contributed by atoms with Crippen LogP contribution in [0.3, 0.4) is 0 Å². The average Bonchev–Trinajstić information content (AvgIpc) is 3.41. The third-order valence-electron chi connectivity index (χ3n) is 14.1. The van der Waals surface area contributed by atoms with Gasteiger partial charge in [0.15, 0.2) is 18.9 Å². The maximum atomic E-state index is 13.3. The molecule has 3 fully saturated rings. The minimum Gasteiger partial charge on any atom is -0.394 e. The average molecular weight is 1070 g/mol. The molecule has 0 spiro atoms. The number of amides is 1. The van der Waals surface area contributed by atoms with Crippen LogP contribution in [0.4, 0.5) is 0 Å². The summed E-state index contributed by atoms with van der Waals surface area (Å²) in [7, 11) is 0. The van der Waals surface area contributed by atoms with Gasteiger partial charge in [-0.05, 0) is 64.2 Å². The van der Waals surface area contributed by atoms with Crippen molar-refractivity contribution in [1.29, 1.82) is 0 Å². The van der Waals surface area contributed by atoms with Crippen LogP contribution < -0.4 is 5.32 Å². The molecule has 12 N–H and O–H groups in total. The largest absolute Gasteiger partial charge is 0.394 e. The topological polar surface area (TPSA) is 307 Å². The summed E-state index contributed by atoms with van der Waals surface area (Å²) >= 11 is 0. The fourth-order valence-electron chi connectivity index (χ4n) is 9.34. The number of hydrogen-bond donors (Lipinski definition) is 12. The highest BCUT2D eigenvalue weighted by molar-refractivity contribution is 5.76. The summed E-state index contributed by atoms with van der Waals surface area (Å²) in [5.74, 6) is -0.296. The standard InChI is InChI=1S/C56H99NO18/c1-3-5-7-9-11-13-15-16-17-18-19-20-21-22-24-26-28-30-32-34-44(62)57-39(40(61)33-31-29-27-25-23-14-12-10-8-6-4-2)38-70-54-50(68)47(65)52(42(36-59)72-54)75-56-51(69)48(66)53(43(37-60)73-56)74-55-49(67)46(64)45(63)41(35-58)71-55/h8,10,16-17,23,25,31,33,39-43,45-56,58-61,63-69H,3-7,9,11-15,18-22,24,26-30,32,34-38H2,1-2H3,(H,57,62)/b10-8+,17-16-,25-23+,33-31+. The third-order valence-corrected chi connectivity index (χ3v) is 14.1. The zero-order valence-corrected chi connectivity index (χ0v) is 45.0. The highest BCUT2D eigenvalue weighted by atomic mass is 16.8. The first-order valence-corrected chi connectivity index (χ1v) is 28.4. The Kier molecular flexibility index (Phi) is 35.8. The first-order valence-electron chi connectivity index (χ1n) is 28.4. The number of rotatable bonds is 40. The van der Waals surface area contributed by atoms with E-state index in [0.717, 1.165) is 64.2 Å². The maximum absolute atomic E-state index is 13.3. The normalized spacial score (nSPS) is 31.6. The van der Waals surface area contributed by atoms with Gasteiger partial charge in [-0.2, -0.15) is 0 Å². The van der Waals surface area contributed by atoms with Crippen LogP contribution in [0.15, 0.2) is 48.6 Å². The molecule has 0 aromatic heterocycles. The van der Waals surface area contributed by atoms with Gasteiger partial charge < -0.3 is 89.9 Å². The fraction of sp³-hybridized carbons (Fsp3) is 0.839. The van der Waals surface area contributed by atoms with E-state index < -0.39 is 124 Å². The molecule has 1 amide bonds. The van der Waals surface area contributed by atoms with Gasteiger partial charge in [0.1, 0.15) is 73.2 Å². The number of unbranched alkanes of at least 4 members (excludes halogenated alkanes) is 18. The van der Waals surface area contributed by atoms with E-state index in [1.54, 1.807) is 6.08 Å². The number of carbonyl (C=O) groups is 1. The third kappa shape index (κ3) is 24.8. The number of aliphatic hydroxyl groups excluding tert-OH is 11. The molecule has 3 aliphatic rings. The van der Waals surface area contributed by atoms with E-state index in [2.05, 4.69) is 55.6 Å². The summed E-state index contributed by atoms with van der Waals surface area (Å²) in [6, 6.07) is -0.995. The summed E-state index contributed by atoms with van der Waals surface area (Å²) < 4.78 is 34.1. The van der Waals surface area contributed by atoms with Crippen LogP contribution in [0.2, 0.25) is 0 Å². The number of aliphatic hydroxyl groups is 11. The second-order valence-corrected chi connectivity index (χ2v) is 20.4. The molecule has 17 unspecified atom stereocenters. The van der Waals surface area contributed by atoms with Crippen LogP contribution in [0, 0.1) is 0 Å². The SMILES string of the molecule is CCC/C=C/CC/C=C/CC/C=C/C(O)C(COC1OC(CO)C(OC2OC(CO)C(OC3OC(CO)C(O)C(O)C3O)C(O)C2O)C(O)C1O)NC(=O)CCCCCCCCCCC/C=C\CCCCCCCC. The number of nitrogens with one attached hydrogen (secondary N) is 1. The van der Waals surface area contributed by atoms with Gasteiger partial charge in [0, 0.05) is 6.42 Å². The minimum absolute atomic E-state index is 0.228. The molecule has 19 nitrogen and oxygen atoms in total. The zero-order chi connectivity index (χ0) is 54.8. The fourth-order valence-corrected chi connectivity index (χ4v) is 9.34. The Morgan fingerprint density at radius 1 is 0.467 bits per heavy atom. The van der Waals surface area contributed by atoms with Crippen molar-refractivity contribution in [2.45, 2.75) is 272 Å². The molecule has 436 valence electrons. The van der Waals surface area contributed by atoms with Crippen LogP contribution in [0.1, 0.15) is 168 Å². The predicted molar refractivity (Wildman–Crippen MR) is 282 cm³/mol. The van der Waals surface area contributed by atoms with Crippen LogP contribution in [-0.2, 0) is 33.2 Å². The Labute approximate surface area is 446 Å². The van der Waals surface area contributed by atoms with Crippen LogP contribution in [-0.4, -0.2) is 193 Å². The first-order chi connectivity index (χ1) is 36.3. The monoisotopic (exact) mass is 1070 g/mol. The lowest BCUT2D eigenvalue weighted by Gasteiger charge is -2.48. The van der Waals surface area contributed by atoms with E-state index in [-0.39, 0.29) is 18.9 Å². The molecule has 19 heteroatoms. The van der Waals surface area contributed by atoms with Crippen molar-refractivity contribution in [3.05, 3.63) is 48.6 Å². The molecule has 3 aliphatic heterocycles. The van der Waals surface area contributed by atoms with Gasteiger partial charge in [-0.15, -0.1) is 0 Å². The molecule has 0 aromatic carbocycles. The Balaban J connectivity index is 1.51. The van der Waals surface area contributed by atoms with Gasteiger partial charge in [0.05, 0.1) is 38.6 Å². The number of carbonyl (C=O) groups excluding carboxylic acids is 1. The Morgan fingerprint density at radius 3 is 1.39 bits per heavy atom. The molecule has 0 bridgehead atoms. The Hall–Kier alpha value is -2.25. The van der Waals surface area contributed by atoms with Crippen LogP contribution >= 0.6 is 0 Å². The second-order valence-electron chi connectivity index (χ2n) is 20.4. The number of ether oxygens (including phenoxy) is 6. The molecule has 3 rings (SSSR count). The lowest BCUT2D eigenvalue weighted by molar-refractivity contribution is -0.379. The quantitative estimate of drug-likeness (QED) is 0.0306. The lowest BCUT2D eigenvalue weighted by Crippen LogP contribution is -2.66. The Morgan fingerprint density at radius 2 is 0.880 bits per heavy atom. The summed E-state index contributed by atoms with van der Waals surface area (Å²) in [5, 5.41) is 120. The van der Waals surface area contributed by atoms with Crippen molar-refractivity contribution in [3.63, 3.8) is 0 Å². The van der Waals surface area contributed by atoms with Gasteiger partial charge in [-0.1, -0.05) is 146 Å². The zero-order valence-electron chi connectivity index (χ0n) is 45.0. The van der Waals surface area contributed by atoms with E-state index in [1.807, 2.05) is 6.08 Å². The van der Waals surface area contributed by atoms with Gasteiger partial charge in [0.2, 0.25) is 5.91 Å². The smallest absolute Gasteiger partial charge is 0.220 e. The minimum atomic E-state index is -1.98. The lowest BCUT2D eigenvalue weighted by atomic mass is 9.96. The molecule has 17 atom stereocenters. The van der Waals surface area contributed by atoms with E-state index in [1.165, 1.54) is 70.6 Å². The number of allylic oxidation sites excluding steroid dienone is 7. The van der Waals surface area contributed by atoms with E-state index >= 15 is 0 Å². The maximum Gasteiger partial charge on any atom is 0.220 e. The molecular weight excluding hydrogens is 975 g/mol. The highest BCUT2D eigenvalue weighted by Crippen LogP contribution is 2.33. The summed E-state index contributed by atoms with van der Waals surface area (Å²) in [6.45, 7) is 1.58. The Bertz CT molecular complexity index is 1570. The van der Waals surface area contributed by atoms with Gasteiger partial charge in [0.25, 0.3) is 0 Å². The van der Waals surface area contributed by atoms with Gasteiger partial charge in [-0.3, -0.25) is 4.79 Å². The van der Waals surface area contributed by atoms with E-state index in [0.29, 0.717) is 12.8 Å². The highest BCUT2D eigenvalue weighted by Gasteiger charge is 2.53. The van der Waals surface area contributed by atoms with Crippen molar-refractivity contribution in [3.8, 4) is 0 Å². The van der Waals surface area contributed by atoms with Gasteiger partial charge in [-0.25, -0.2) is 0 Å². The summed E-state index contributed by atoms with van der Waals surface area (Å²) in [5.41, 5.74) is 0. The molecule has 0 radical (unpaired) electrons.